The molecule has 3 rings (SSSR count). The molecule has 0 saturated heterocycles. The van der Waals surface area contributed by atoms with Gasteiger partial charge in [-0.3, -0.25) is 4.79 Å². The first-order valence-corrected chi connectivity index (χ1v) is 11.6. The minimum Gasteiger partial charge on any atom is -0.466 e. The molecular weight excluding hydrogens is 411 g/mol. The van der Waals surface area contributed by atoms with Gasteiger partial charge in [-0.2, -0.15) is 0 Å². The Labute approximate surface area is 181 Å². The number of hydrogen-bond acceptors (Lipinski definition) is 5. The van der Waals surface area contributed by atoms with Crippen LogP contribution in [0.4, 0.5) is 0 Å². The van der Waals surface area contributed by atoms with Crippen LogP contribution in [0, 0.1) is 0 Å². The summed E-state index contributed by atoms with van der Waals surface area (Å²) >= 11 is 0. The van der Waals surface area contributed by atoms with E-state index in [4.69, 9.17) is 9.47 Å². The number of benzene rings is 3. The van der Waals surface area contributed by atoms with Crippen LogP contribution >= 0.6 is 6.89 Å². The maximum absolute atomic E-state index is 13.0. The van der Waals surface area contributed by atoms with Crippen molar-refractivity contribution in [3.63, 3.8) is 0 Å². The second-order valence-corrected chi connectivity index (χ2v) is 9.83. The van der Waals surface area contributed by atoms with Gasteiger partial charge in [0.25, 0.3) is 5.78 Å². The Hall–Kier alpha value is -3.43. The standard InChI is InChI=1S/C25H23O5P/c1-3-30-25(28)24(27)21-16-10-11-17-22(21)31(18-23(26)29-2,19-12-6-4-7-13-19)20-14-8-5-9-15-20/h4-18H,3H2,1-2H3. The molecular formula is C25H23O5P. The minimum absolute atomic E-state index is 0.0959. The van der Waals surface area contributed by atoms with Gasteiger partial charge in [0.1, 0.15) is 0 Å². The highest BCUT2D eigenvalue weighted by atomic mass is 31.2. The van der Waals surface area contributed by atoms with Crippen molar-refractivity contribution < 1.29 is 23.9 Å². The third-order valence-corrected chi connectivity index (χ3v) is 8.79. The van der Waals surface area contributed by atoms with Crippen molar-refractivity contribution in [1.29, 1.82) is 0 Å². The number of rotatable bonds is 7. The average molecular weight is 434 g/mol. The van der Waals surface area contributed by atoms with E-state index in [9.17, 15) is 14.4 Å². The topological polar surface area (TPSA) is 69.7 Å². The number of carbonyl (C=O) groups is 3. The van der Waals surface area contributed by atoms with Crippen molar-refractivity contribution in [2.24, 2.45) is 0 Å². The molecule has 3 aromatic rings. The normalized spacial score (nSPS) is 10.8. The predicted octanol–water partition coefficient (Wildman–Crippen LogP) is 2.70. The highest BCUT2D eigenvalue weighted by Gasteiger charge is 2.32. The molecule has 5 nitrogen and oxygen atoms in total. The van der Waals surface area contributed by atoms with Crippen LogP contribution in [0.3, 0.4) is 0 Å². The molecule has 0 N–H and O–H groups in total. The van der Waals surface area contributed by atoms with E-state index >= 15 is 0 Å². The van der Waals surface area contributed by atoms with Crippen LogP contribution < -0.4 is 15.9 Å². The van der Waals surface area contributed by atoms with E-state index in [2.05, 4.69) is 0 Å². The van der Waals surface area contributed by atoms with Gasteiger partial charge in [0.2, 0.25) is 0 Å². The number of carbonyl (C=O) groups excluding carboxylic acids is 3. The molecule has 0 aliphatic carbocycles. The molecule has 158 valence electrons. The van der Waals surface area contributed by atoms with Crippen LogP contribution in [-0.4, -0.2) is 37.2 Å². The molecule has 0 aliphatic rings. The highest BCUT2D eigenvalue weighted by molar-refractivity contribution is 7.95. The smallest absolute Gasteiger partial charge is 0.379 e. The van der Waals surface area contributed by atoms with Gasteiger partial charge in [0, 0.05) is 11.4 Å². The summed E-state index contributed by atoms with van der Waals surface area (Å²) < 4.78 is 9.97. The van der Waals surface area contributed by atoms with E-state index < -0.39 is 24.6 Å². The van der Waals surface area contributed by atoms with Crippen molar-refractivity contribution in [2.75, 3.05) is 13.7 Å². The van der Waals surface area contributed by atoms with Crippen molar-refractivity contribution >= 4 is 46.3 Å². The Morgan fingerprint density at radius 2 is 1.32 bits per heavy atom. The Morgan fingerprint density at radius 3 is 1.84 bits per heavy atom. The summed E-state index contributed by atoms with van der Waals surface area (Å²) in [6, 6.07) is 25.9. The zero-order valence-corrected chi connectivity index (χ0v) is 18.3. The fourth-order valence-electron chi connectivity index (χ4n) is 3.46. The molecule has 6 heteroatoms. The van der Waals surface area contributed by atoms with E-state index in [0.29, 0.717) is 5.30 Å². The lowest BCUT2D eigenvalue weighted by Crippen LogP contribution is -2.33. The van der Waals surface area contributed by atoms with E-state index in [1.54, 1.807) is 37.0 Å². The molecule has 0 bridgehead atoms. The number of ether oxygens (including phenoxy) is 2. The lowest BCUT2D eigenvalue weighted by atomic mass is 10.1. The molecule has 31 heavy (non-hydrogen) atoms. The van der Waals surface area contributed by atoms with Crippen LogP contribution in [0.5, 0.6) is 0 Å². The van der Waals surface area contributed by atoms with E-state index in [1.165, 1.54) is 7.11 Å². The molecule has 3 aromatic carbocycles. The monoisotopic (exact) mass is 434 g/mol. The maximum Gasteiger partial charge on any atom is 0.379 e. The summed E-state index contributed by atoms with van der Waals surface area (Å²) in [5.74, 6) is -0.631. The van der Waals surface area contributed by atoms with E-state index in [1.807, 2.05) is 60.7 Å². The second kappa shape index (κ2) is 10.1. The van der Waals surface area contributed by atoms with Crippen LogP contribution in [-0.2, 0) is 19.1 Å². The van der Waals surface area contributed by atoms with E-state index in [-0.39, 0.29) is 12.2 Å². The summed E-state index contributed by atoms with van der Waals surface area (Å²) in [5, 5.41) is 2.31. The summed E-state index contributed by atoms with van der Waals surface area (Å²) in [5.41, 5.74) is 0.210. The maximum atomic E-state index is 13.0. The second-order valence-electron chi connectivity index (χ2n) is 6.61. The number of Topliss-reactive ketones (excluding diaryl/α,β-unsaturated/α-hetero) is 1. The first-order chi connectivity index (χ1) is 15.0. The van der Waals surface area contributed by atoms with Crippen molar-refractivity contribution in [2.45, 2.75) is 6.92 Å². The molecule has 0 aromatic heterocycles. The quantitative estimate of drug-likeness (QED) is 0.248. The summed E-state index contributed by atoms with van der Waals surface area (Å²) in [6.45, 7) is -1.06. The lowest BCUT2D eigenvalue weighted by Gasteiger charge is -2.29. The van der Waals surface area contributed by atoms with Crippen LogP contribution in [0.1, 0.15) is 17.3 Å². The number of hydrogen-bond donors (Lipinski definition) is 0. The van der Waals surface area contributed by atoms with Crippen LogP contribution in [0.15, 0.2) is 84.9 Å². The van der Waals surface area contributed by atoms with Gasteiger partial charge in [0.15, 0.2) is 0 Å². The zero-order chi connectivity index (χ0) is 22.3. The van der Waals surface area contributed by atoms with Gasteiger partial charge in [-0.25, -0.2) is 9.59 Å². The Bertz CT molecular complexity index is 1090. The fraction of sp³-hybridized carbons (Fsp3) is 0.120. The Morgan fingerprint density at radius 1 is 0.806 bits per heavy atom. The SMILES string of the molecule is CCOC(=O)C(=O)c1ccccc1P(=CC(=O)OC)(c1ccccc1)c1ccccc1. The first-order valence-electron chi connectivity index (χ1n) is 9.79. The molecule has 0 aliphatic heterocycles. The van der Waals surface area contributed by atoms with Crippen molar-refractivity contribution in [1.82, 2.24) is 0 Å². The molecule has 0 unspecified atom stereocenters. The van der Waals surface area contributed by atoms with Crippen molar-refractivity contribution in [3.8, 4) is 0 Å². The third kappa shape index (κ3) is 4.52. The third-order valence-electron chi connectivity index (χ3n) is 4.82. The number of ketones is 1. The highest BCUT2D eigenvalue weighted by Crippen LogP contribution is 2.44. The van der Waals surface area contributed by atoms with E-state index in [0.717, 1.165) is 10.6 Å². The van der Waals surface area contributed by atoms with Gasteiger partial charge < -0.3 is 9.47 Å². The van der Waals surface area contributed by atoms with Crippen LogP contribution in [0.2, 0.25) is 0 Å². The molecule has 0 fully saturated rings. The molecule has 0 atom stereocenters. The van der Waals surface area contributed by atoms with Gasteiger partial charge in [0.05, 0.1) is 13.7 Å². The zero-order valence-electron chi connectivity index (χ0n) is 17.4. The van der Waals surface area contributed by atoms with Crippen molar-refractivity contribution in [3.05, 3.63) is 90.5 Å². The first kappa shape index (κ1) is 22.3. The average Bonchev–Trinajstić information content (AvgIpc) is 2.83. The predicted molar refractivity (Wildman–Crippen MR) is 124 cm³/mol. The number of methoxy groups -OCH3 is 1. The molecule has 0 radical (unpaired) electrons. The Kier molecular flexibility index (Phi) is 7.22. The van der Waals surface area contributed by atoms with Gasteiger partial charge >= 0.3 is 11.9 Å². The van der Waals surface area contributed by atoms with Gasteiger partial charge in [-0.15, -0.1) is 0 Å². The molecule has 0 saturated carbocycles. The minimum atomic E-state index is -2.80. The molecule has 0 spiro atoms. The van der Waals surface area contributed by atoms with Gasteiger partial charge in [-0.1, -0.05) is 84.9 Å². The number of esters is 2. The van der Waals surface area contributed by atoms with Crippen LogP contribution in [0.25, 0.3) is 0 Å². The summed E-state index contributed by atoms with van der Waals surface area (Å²) in [6.07, 6.45) is 0. The summed E-state index contributed by atoms with van der Waals surface area (Å²) in [7, 11) is 1.32. The Balaban J connectivity index is 2.44. The fourth-order valence-corrected chi connectivity index (χ4v) is 7.34. The largest absolute Gasteiger partial charge is 0.466 e. The molecule has 0 heterocycles. The molecule has 0 amide bonds. The lowest BCUT2D eigenvalue weighted by molar-refractivity contribution is -0.137. The van der Waals surface area contributed by atoms with Gasteiger partial charge in [-0.05, 0) is 29.7 Å². The summed E-state index contributed by atoms with van der Waals surface area (Å²) in [4.78, 5) is 38.0.